The zero-order valence-corrected chi connectivity index (χ0v) is 17.8. The van der Waals surface area contributed by atoms with Gasteiger partial charge >= 0.3 is 0 Å². The molecule has 4 rings (SSSR count). The highest BCUT2D eigenvalue weighted by Crippen LogP contribution is 2.21. The van der Waals surface area contributed by atoms with Crippen molar-refractivity contribution in [1.29, 1.82) is 0 Å². The van der Waals surface area contributed by atoms with Crippen molar-refractivity contribution in [2.75, 3.05) is 24.5 Å². The number of amides is 1. The highest BCUT2D eigenvalue weighted by atomic mass is 16.3. The Balaban J connectivity index is 1.42. The molecule has 0 spiro atoms. The number of hydrogen-bond donors (Lipinski definition) is 1. The molecule has 1 unspecified atom stereocenters. The first-order valence-electron chi connectivity index (χ1n) is 10.9. The third kappa shape index (κ3) is 5.05. The molecule has 7 nitrogen and oxygen atoms in total. The van der Waals surface area contributed by atoms with Crippen LogP contribution in [0, 0.1) is 5.92 Å². The zero-order chi connectivity index (χ0) is 21.6. The van der Waals surface area contributed by atoms with Crippen molar-refractivity contribution >= 4 is 11.7 Å². The lowest BCUT2D eigenvalue weighted by atomic mass is 9.97. The van der Waals surface area contributed by atoms with E-state index in [4.69, 9.17) is 4.42 Å². The maximum Gasteiger partial charge on any atom is 0.271 e. The number of carbonyl (C=O) groups is 1. The molecule has 1 aliphatic heterocycles. The van der Waals surface area contributed by atoms with Crippen LogP contribution in [-0.2, 0) is 17.6 Å². The van der Waals surface area contributed by atoms with Crippen LogP contribution < -0.4 is 15.8 Å². The minimum Gasteiger partial charge on any atom is -0.469 e. The molecule has 31 heavy (non-hydrogen) atoms. The molecule has 0 saturated carbocycles. The van der Waals surface area contributed by atoms with E-state index >= 15 is 0 Å². The van der Waals surface area contributed by atoms with Gasteiger partial charge in [-0.05, 0) is 55.2 Å². The summed E-state index contributed by atoms with van der Waals surface area (Å²) in [5.41, 5.74) is 1.79. The molecule has 7 heteroatoms. The lowest BCUT2D eigenvalue weighted by Gasteiger charge is -2.32. The summed E-state index contributed by atoms with van der Waals surface area (Å²) in [4.78, 5) is 27.2. The standard InChI is InChI=1S/C24H28N4O3/c1-2-18-7-9-20(10-8-18)28-23(29)12-11-22(26-28)27-15-3-5-19(17-27)24(30)25-14-13-21-6-4-16-31-21/h4,6-12,16,19H,2-3,5,13-15,17H2,1H3,(H,25,30). The molecule has 0 aliphatic carbocycles. The van der Waals surface area contributed by atoms with Crippen molar-refractivity contribution in [3.63, 3.8) is 0 Å². The van der Waals surface area contributed by atoms with Crippen LogP contribution in [0.3, 0.4) is 0 Å². The minimum absolute atomic E-state index is 0.0553. The average molecular weight is 421 g/mol. The minimum atomic E-state index is -0.169. The van der Waals surface area contributed by atoms with Crippen LogP contribution in [0.15, 0.2) is 64.0 Å². The summed E-state index contributed by atoms with van der Waals surface area (Å²) < 4.78 is 6.74. The van der Waals surface area contributed by atoms with E-state index in [9.17, 15) is 9.59 Å². The van der Waals surface area contributed by atoms with Crippen molar-refractivity contribution < 1.29 is 9.21 Å². The summed E-state index contributed by atoms with van der Waals surface area (Å²) in [6.07, 6.45) is 5.02. The van der Waals surface area contributed by atoms with Crippen molar-refractivity contribution in [2.24, 2.45) is 5.92 Å². The molecule has 1 atom stereocenters. The van der Waals surface area contributed by atoms with Gasteiger partial charge in [-0.1, -0.05) is 19.1 Å². The summed E-state index contributed by atoms with van der Waals surface area (Å²) in [5.74, 6) is 1.53. The SMILES string of the molecule is CCc1ccc(-n2nc(N3CCCC(C(=O)NCCc4ccco4)C3)ccc2=O)cc1. The van der Waals surface area contributed by atoms with Crippen LogP contribution in [0.5, 0.6) is 0 Å². The van der Waals surface area contributed by atoms with E-state index in [2.05, 4.69) is 22.2 Å². The van der Waals surface area contributed by atoms with Crippen molar-refractivity contribution in [3.05, 3.63) is 76.5 Å². The maximum atomic E-state index is 12.7. The number of anilines is 1. The Kier molecular flexibility index (Phi) is 6.50. The van der Waals surface area contributed by atoms with Gasteiger partial charge in [0, 0.05) is 32.1 Å². The predicted molar refractivity (Wildman–Crippen MR) is 120 cm³/mol. The summed E-state index contributed by atoms with van der Waals surface area (Å²) in [6.45, 7) is 4.06. The molecule has 1 aromatic carbocycles. The molecule has 3 heterocycles. The fourth-order valence-electron chi connectivity index (χ4n) is 3.94. The van der Waals surface area contributed by atoms with Crippen LogP contribution in [-0.4, -0.2) is 35.3 Å². The largest absolute Gasteiger partial charge is 0.469 e. The molecular weight excluding hydrogens is 392 g/mol. The van der Waals surface area contributed by atoms with E-state index in [0.717, 1.165) is 37.3 Å². The molecule has 1 aliphatic rings. The molecule has 162 valence electrons. The fraction of sp³-hybridized carbons (Fsp3) is 0.375. The van der Waals surface area contributed by atoms with Crippen LogP contribution in [0.2, 0.25) is 0 Å². The van der Waals surface area contributed by atoms with Gasteiger partial charge in [-0.25, -0.2) is 0 Å². The summed E-state index contributed by atoms with van der Waals surface area (Å²) in [6, 6.07) is 14.9. The highest BCUT2D eigenvalue weighted by molar-refractivity contribution is 5.79. The first kappa shape index (κ1) is 20.9. The van der Waals surface area contributed by atoms with E-state index < -0.39 is 0 Å². The van der Waals surface area contributed by atoms with Gasteiger partial charge in [0.15, 0.2) is 0 Å². The van der Waals surface area contributed by atoms with Gasteiger partial charge in [0.1, 0.15) is 11.6 Å². The lowest BCUT2D eigenvalue weighted by molar-refractivity contribution is -0.125. The van der Waals surface area contributed by atoms with E-state index in [0.29, 0.717) is 25.3 Å². The second-order valence-corrected chi connectivity index (χ2v) is 7.87. The van der Waals surface area contributed by atoms with Crippen LogP contribution in [0.1, 0.15) is 31.1 Å². The number of piperidine rings is 1. The summed E-state index contributed by atoms with van der Waals surface area (Å²) >= 11 is 0. The molecule has 1 saturated heterocycles. The second kappa shape index (κ2) is 9.64. The number of aromatic nitrogens is 2. The summed E-state index contributed by atoms with van der Waals surface area (Å²) in [5, 5.41) is 7.62. The Hall–Kier alpha value is -3.35. The Labute approximate surface area is 181 Å². The first-order chi connectivity index (χ1) is 15.1. The number of rotatable bonds is 7. The number of hydrogen-bond acceptors (Lipinski definition) is 5. The van der Waals surface area contributed by atoms with Gasteiger partial charge < -0.3 is 14.6 Å². The van der Waals surface area contributed by atoms with Gasteiger partial charge in [0.25, 0.3) is 5.56 Å². The third-order valence-corrected chi connectivity index (χ3v) is 5.74. The van der Waals surface area contributed by atoms with E-state index in [1.165, 1.54) is 10.2 Å². The average Bonchev–Trinajstić information content (AvgIpc) is 3.33. The van der Waals surface area contributed by atoms with Crippen molar-refractivity contribution in [3.8, 4) is 5.69 Å². The van der Waals surface area contributed by atoms with Gasteiger partial charge in [-0.2, -0.15) is 4.68 Å². The van der Waals surface area contributed by atoms with Crippen LogP contribution in [0.4, 0.5) is 5.82 Å². The van der Waals surface area contributed by atoms with E-state index in [-0.39, 0.29) is 17.4 Å². The lowest BCUT2D eigenvalue weighted by Crippen LogP contribution is -2.44. The molecule has 2 aromatic heterocycles. The molecule has 1 fully saturated rings. The smallest absolute Gasteiger partial charge is 0.271 e. The number of furan rings is 1. The molecular formula is C24H28N4O3. The first-order valence-corrected chi connectivity index (χ1v) is 10.9. The van der Waals surface area contributed by atoms with Crippen LogP contribution in [0.25, 0.3) is 5.69 Å². The topological polar surface area (TPSA) is 80.4 Å². The Morgan fingerprint density at radius 1 is 1.19 bits per heavy atom. The normalized spacial score (nSPS) is 16.3. The Morgan fingerprint density at radius 3 is 2.77 bits per heavy atom. The molecule has 0 bridgehead atoms. The number of aryl methyl sites for hydroxylation is 1. The van der Waals surface area contributed by atoms with E-state index in [1.807, 2.05) is 36.4 Å². The zero-order valence-electron chi connectivity index (χ0n) is 17.8. The van der Waals surface area contributed by atoms with Gasteiger partial charge in [-0.15, -0.1) is 5.10 Å². The maximum absolute atomic E-state index is 12.7. The molecule has 3 aromatic rings. The number of nitrogens with zero attached hydrogens (tertiary/aromatic N) is 3. The summed E-state index contributed by atoms with van der Waals surface area (Å²) in [7, 11) is 0. The molecule has 0 radical (unpaired) electrons. The fourth-order valence-corrected chi connectivity index (χ4v) is 3.94. The number of nitrogens with one attached hydrogen (secondary N) is 1. The quantitative estimate of drug-likeness (QED) is 0.636. The Bertz CT molecular complexity index is 1060. The predicted octanol–water partition coefficient (Wildman–Crippen LogP) is 2.96. The van der Waals surface area contributed by atoms with Gasteiger partial charge in [-0.3, -0.25) is 9.59 Å². The van der Waals surface area contributed by atoms with Crippen molar-refractivity contribution in [2.45, 2.75) is 32.6 Å². The monoisotopic (exact) mass is 420 g/mol. The van der Waals surface area contributed by atoms with E-state index in [1.54, 1.807) is 18.4 Å². The van der Waals surface area contributed by atoms with Gasteiger partial charge in [0.2, 0.25) is 5.91 Å². The highest BCUT2D eigenvalue weighted by Gasteiger charge is 2.26. The number of carbonyl (C=O) groups excluding carboxylic acids is 1. The Morgan fingerprint density at radius 2 is 2.03 bits per heavy atom. The number of benzene rings is 1. The van der Waals surface area contributed by atoms with Crippen molar-refractivity contribution in [1.82, 2.24) is 15.1 Å². The third-order valence-electron chi connectivity index (χ3n) is 5.74. The van der Waals surface area contributed by atoms with Crippen LogP contribution >= 0.6 is 0 Å². The molecule has 1 N–H and O–H groups in total. The molecule has 1 amide bonds. The van der Waals surface area contributed by atoms with Gasteiger partial charge in [0.05, 0.1) is 17.9 Å². The second-order valence-electron chi connectivity index (χ2n) is 7.87.